The number of aldehydes is 1. The largest absolute Gasteiger partial charge is 0.477 e. The summed E-state index contributed by atoms with van der Waals surface area (Å²) in [7, 11) is 0. The van der Waals surface area contributed by atoms with Crippen molar-refractivity contribution >= 4 is 34.8 Å². The third kappa shape index (κ3) is 3.36. The molecular formula is C23H25FN2O6. The summed E-state index contributed by atoms with van der Waals surface area (Å²) in [5.41, 5.74) is -0.713. The van der Waals surface area contributed by atoms with Crippen LogP contribution in [-0.4, -0.2) is 47.1 Å². The number of rotatable bonds is 7. The maximum atomic E-state index is 15.4. The zero-order chi connectivity index (χ0) is 23.2. The highest BCUT2D eigenvalue weighted by molar-refractivity contribution is 6.05. The van der Waals surface area contributed by atoms with Crippen LogP contribution in [0.1, 0.15) is 72.0 Å². The Bertz CT molecular complexity index is 1180. The van der Waals surface area contributed by atoms with E-state index < -0.39 is 29.2 Å². The average Bonchev–Trinajstić information content (AvgIpc) is 3.48. The maximum absolute atomic E-state index is 15.4. The van der Waals surface area contributed by atoms with Crippen LogP contribution in [0.3, 0.4) is 0 Å². The summed E-state index contributed by atoms with van der Waals surface area (Å²) in [6.07, 6.45) is 3.38. The van der Waals surface area contributed by atoms with Crippen molar-refractivity contribution < 1.29 is 28.6 Å². The molecule has 170 valence electrons. The smallest absolute Gasteiger partial charge is 0.341 e. The van der Waals surface area contributed by atoms with Crippen molar-refractivity contribution in [1.29, 1.82) is 0 Å². The number of anilines is 1. The number of carboxylic acid groups (broad SMARTS) is 1. The number of nitrogens with zero attached hydrogens (tertiary/aromatic N) is 2. The Morgan fingerprint density at radius 1 is 1.28 bits per heavy atom. The highest BCUT2D eigenvalue weighted by atomic mass is 19.1. The van der Waals surface area contributed by atoms with E-state index >= 15 is 4.39 Å². The maximum Gasteiger partial charge on any atom is 0.341 e. The van der Waals surface area contributed by atoms with Gasteiger partial charge in [-0.15, -0.1) is 0 Å². The number of fused-ring (bicyclic) bond motifs is 1. The van der Waals surface area contributed by atoms with Crippen molar-refractivity contribution in [3.8, 4) is 0 Å². The van der Waals surface area contributed by atoms with E-state index in [1.54, 1.807) is 18.4 Å². The van der Waals surface area contributed by atoms with Crippen molar-refractivity contribution in [2.75, 3.05) is 18.1 Å². The minimum atomic E-state index is -1.37. The Hall–Kier alpha value is -3.23. The fraction of sp³-hybridized carbons (Fsp3) is 0.478. The lowest BCUT2D eigenvalue weighted by Gasteiger charge is -2.28. The first-order valence-electron chi connectivity index (χ1n) is 10.9. The van der Waals surface area contributed by atoms with Crippen LogP contribution < -0.4 is 10.3 Å². The van der Waals surface area contributed by atoms with E-state index in [2.05, 4.69) is 0 Å². The number of hydrogen-bond acceptors (Lipinski definition) is 6. The van der Waals surface area contributed by atoms with E-state index in [1.807, 2.05) is 0 Å². The SMILES string of the molecule is CCOC(=O)C1CCCN1c1c(F)cc2c(=O)c(C(=O)O)c(CC)n(C3CC3)c2c1C=O. The Kier molecular flexibility index (Phi) is 5.75. The van der Waals surface area contributed by atoms with Crippen LogP contribution in [0.5, 0.6) is 0 Å². The van der Waals surface area contributed by atoms with Crippen LogP contribution in [0.2, 0.25) is 0 Å². The molecular weight excluding hydrogens is 419 g/mol. The summed E-state index contributed by atoms with van der Waals surface area (Å²) < 4.78 is 22.3. The summed E-state index contributed by atoms with van der Waals surface area (Å²) in [6, 6.07) is 0.207. The van der Waals surface area contributed by atoms with Gasteiger partial charge in [0.25, 0.3) is 0 Å². The fourth-order valence-corrected chi connectivity index (χ4v) is 4.83. The molecule has 2 fully saturated rings. The number of carbonyl (C=O) groups excluding carboxylic acids is 2. The topological polar surface area (TPSA) is 106 Å². The molecule has 1 aromatic heterocycles. The molecule has 1 aliphatic heterocycles. The molecule has 1 unspecified atom stereocenters. The van der Waals surface area contributed by atoms with Crippen molar-refractivity contribution in [1.82, 2.24) is 4.57 Å². The minimum Gasteiger partial charge on any atom is -0.477 e. The van der Waals surface area contributed by atoms with Crippen LogP contribution in [0, 0.1) is 5.82 Å². The molecule has 1 aromatic carbocycles. The van der Waals surface area contributed by atoms with Crippen LogP contribution in [0.15, 0.2) is 10.9 Å². The molecule has 32 heavy (non-hydrogen) atoms. The lowest BCUT2D eigenvalue weighted by Crippen LogP contribution is -2.38. The number of aromatic carboxylic acids is 1. The minimum absolute atomic E-state index is 0.0353. The van der Waals surface area contributed by atoms with Gasteiger partial charge >= 0.3 is 11.9 Å². The van der Waals surface area contributed by atoms with Gasteiger partial charge in [-0.3, -0.25) is 9.59 Å². The van der Waals surface area contributed by atoms with E-state index in [0.717, 1.165) is 18.9 Å². The van der Waals surface area contributed by atoms with Gasteiger partial charge in [0.15, 0.2) is 6.29 Å². The predicted octanol–water partition coefficient (Wildman–Crippen LogP) is 3.08. The molecule has 0 amide bonds. The first kappa shape index (κ1) is 22.0. The molecule has 1 saturated carbocycles. The van der Waals surface area contributed by atoms with E-state index in [0.29, 0.717) is 31.4 Å². The first-order valence-corrected chi connectivity index (χ1v) is 10.9. The molecule has 2 heterocycles. The second kappa shape index (κ2) is 8.37. The van der Waals surface area contributed by atoms with Crippen LogP contribution in [0.4, 0.5) is 10.1 Å². The first-order chi connectivity index (χ1) is 15.3. The molecule has 2 aliphatic rings. The summed E-state index contributed by atoms with van der Waals surface area (Å²) >= 11 is 0. The standard InChI is InChI=1S/C23H25FN2O6/c1-3-16-18(22(29)30)21(28)13-10-15(24)20(14(11-27)19(13)26(16)12-7-8-12)25-9-5-6-17(25)23(31)32-4-2/h10-12,17H,3-9H2,1-2H3,(H,29,30). The Morgan fingerprint density at radius 3 is 2.56 bits per heavy atom. The Labute approximate surface area is 183 Å². The third-order valence-corrected chi connectivity index (χ3v) is 6.23. The van der Waals surface area contributed by atoms with Gasteiger partial charge in [-0.2, -0.15) is 0 Å². The normalized spacial score (nSPS) is 18.2. The van der Waals surface area contributed by atoms with Gasteiger partial charge in [0.2, 0.25) is 5.43 Å². The average molecular weight is 444 g/mol. The quantitative estimate of drug-likeness (QED) is 0.517. The van der Waals surface area contributed by atoms with Gasteiger partial charge in [-0.05, 0) is 45.1 Å². The lowest BCUT2D eigenvalue weighted by molar-refractivity contribution is -0.144. The van der Waals surface area contributed by atoms with Gasteiger partial charge in [0.1, 0.15) is 17.4 Å². The van der Waals surface area contributed by atoms with Crippen molar-refractivity contribution in [3.05, 3.63) is 38.9 Å². The van der Waals surface area contributed by atoms with Gasteiger partial charge in [-0.25, -0.2) is 14.0 Å². The molecule has 0 bridgehead atoms. The molecule has 1 aliphatic carbocycles. The molecule has 1 atom stereocenters. The number of carbonyl (C=O) groups is 3. The zero-order valence-corrected chi connectivity index (χ0v) is 18.0. The van der Waals surface area contributed by atoms with Gasteiger partial charge in [-0.1, -0.05) is 6.92 Å². The molecule has 9 heteroatoms. The molecule has 0 radical (unpaired) electrons. The van der Waals surface area contributed by atoms with E-state index in [4.69, 9.17) is 4.74 Å². The molecule has 1 saturated heterocycles. The van der Waals surface area contributed by atoms with Crippen molar-refractivity contribution in [2.24, 2.45) is 0 Å². The number of esters is 1. The second-order valence-corrected chi connectivity index (χ2v) is 8.15. The number of carboxylic acids is 1. The van der Waals surface area contributed by atoms with E-state index in [-0.39, 0.29) is 46.8 Å². The fourth-order valence-electron chi connectivity index (χ4n) is 4.83. The molecule has 0 spiro atoms. The number of ether oxygens (including phenoxy) is 1. The van der Waals surface area contributed by atoms with E-state index in [9.17, 15) is 24.3 Å². The molecule has 1 N–H and O–H groups in total. The monoisotopic (exact) mass is 444 g/mol. The number of aromatic nitrogens is 1. The molecule has 8 nitrogen and oxygen atoms in total. The van der Waals surface area contributed by atoms with Gasteiger partial charge < -0.3 is 19.3 Å². The molecule has 4 rings (SSSR count). The molecule has 2 aromatic rings. The number of halogens is 1. The van der Waals surface area contributed by atoms with E-state index in [1.165, 1.54) is 4.90 Å². The van der Waals surface area contributed by atoms with Crippen LogP contribution in [0.25, 0.3) is 10.9 Å². The van der Waals surface area contributed by atoms with Crippen LogP contribution >= 0.6 is 0 Å². The third-order valence-electron chi connectivity index (χ3n) is 6.23. The van der Waals surface area contributed by atoms with Gasteiger partial charge in [0.05, 0.1) is 28.8 Å². The number of hydrogen-bond donors (Lipinski definition) is 1. The Morgan fingerprint density at radius 2 is 2.00 bits per heavy atom. The number of benzene rings is 1. The number of pyridine rings is 1. The highest BCUT2D eigenvalue weighted by Crippen LogP contribution is 2.42. The summed E-state index contributed by atoms with van der Waals surface area (Å²) in [5.74, 6) is -2.70. The predicted molar refractivity (Wildman–Crippen MR) is 115 cm³/mol. The van der Waals surface area contributed by atoms with Crippen LogP contribution in [-0.2, 0) is 16.0 Å². The van der Waals surface area contributed by atoms with Crippen molar-refractivity contribution in [2.45, 2.75) is 58.0 Å². The van der Waals surface area contributed by atoms with Gasteiger partial charge in [0, 0.05) is 18.3 Å². The summed E-state index contributed by atoms with van der Waals surface area (Å²) in [5, 5.41) is 9.56. The highest BCUT2D eigenvalue weighted by Gasteiger charge is 2.38. The summed E-state index contributed by atoms with van der Waals surface area (Å²) in [4.78, 5) is 51.3. The Balaban J connectivity index is 2.07. The summed E-state index contributed by atoms with van der Waals surface area (Å²) in [6.45, 7) is 3.97. The lowest BCUT2D eigenvalue weighted by atomic mass is 10.00. The second-order valence-electron chi connectivity index (χ2n) is 8.15. The zero-order valence-electron chi connectivity index (χ0n) is 18.0. The van der Waals surface area contributed by atoms with Crippen molar-refractivity contribution in [3.63, 3.8) is 0 Å².